The number of fused-ring (bicyclic) bond motifs is 1. The molecule has 0 unspecified atom stereocenters. The minimum Gasteiger partial charge on any atom is -0.326 e. The normalized spacial score (nSPS) is 10.2. The lowest BCUT2D eigenvalue weighted by molar-refractivity contribution is 0.0779. The molecule has 1 amide bonds. The number of benzene rings is 1. The van der Waals surface area contributed by atoms with Crippen LogP contribution in [0.3, 0.4) is 0 Å². The Balaban J connectivity index is 2.46. The first-order chi connectivity index (χ1) is 9.17. The Morgan fingerprint density at radius 3 is 2.89 bits per heavy atom. The Kier molecular flexibility index (Phi) is 4.03. The van der Waals surface area contributed by atoms with E-state index in [0.717, 1.165) is 5.39 Å². The van der Waals surface area contributed by atoms with E-state index in [1.54, 1.807) is 11.0 Å². The summed E-state index contributed by atoms with van der Waals surface area (Å²) in [5.74, 6) is 2.26. The minimum atomic E-state index is -0.201. The number of pyridine rings is 1. The maximum Gasteiger partial charge on any atom is 0.273 e. The van der Waals surface area contributed by atoms with Crippen molar-refractivity contribution in [2.75, 3.05) is 13.1 Å². The van der Waals surface area contributed by atoms with Gasteiger partial charge in [0.05, 0.1) is 17.1 Å². The van der Waals surface area contributed by atoms with Gasteiger partial charge in [0, 0.05) is 11.9 Å². The lowest BCUT2D eigenvalue weighted by Gasteiger charge is -2.17. The molecular weight excluding hydrogens is 260 g/mol. The zero-order valence-corrected chi connectivity index (χ0v) is 11.3. The van der Waals surface area contributed by atoms with Crippen molar-refractivity contribution < 1.29 is 4.79 Å². The van der Waals surface area contributed by atoms with E-state index in [1.165, 1.54) is 0 Å². The van der Waals surface area contributed by atoms with Crippen LogP contribution in [0.25, 0.3) is 10.9 Å². The average Bonchev–Trinajstić information content (AvgIpc) is 2.44. The van der Waals surface area contributed by atoms with Crippen LogP contribution in [-0.2, 0) is 0 Å². The third kappa shape index (κ3) is 2.69. The number of carbonyl (C=O) groups is 1. The fourth-order valence-corrected chi connectivity index (χ4v) is 2.11. The summed E-state index contributed by atoms with van der Waals surface area (Å²) in [6.07, 6.45) is 5.25. The van der Waals surface area contributed by atoms with E-state index in [4.69, 9.17) is 18.0 Å². The van der Waals surface area contributed by atoms with Gasteiger partial charge in [-0.1, -0.05) is 35.7 Å². The summed E-state index contributed by atoms with van der Waals surface area (Å²) >= 11 is 6.18. The monoisotopic (exact) mass is 272 g/mol. The van der Waals surface area contributed by atoms with Crippen molar-refractivity contribution >= 4 is 28.4 Å². The van der Waals surface area contributed by atoms with Crippen molar-refractivity contribution in [3.05, 3.63) is 41.0 Å². The maximum atomic E-state index is 12.3. The summed E-state index contributed by atoms with van der Waals surface area (Å²) in [5.41, 5.74) is 1.02. The predicted molar refractivity (Wildman–Crippen MR) is 77.2 cm³/mol. The van der Waals surface area contributed by atoms with E-state index in [2.05, 4.69) is 10.9 Å². The van der Waals surface area contributed by atoms with Gasteiger partial charge in [-0.3, -0.25) is 4.79 Å². The molecule has 3 nitrogen and oxygen atoms in total. The minimum absolute atomic E-state index is 0.201. The van der Waals surface area contributed by atoms with Crippen LogP contribution < -0.4 is 0 Å². The lowest BCUT2D eigenvalue weighted by Crippen LogP contribution is -2.31. The number of carbonyl (C=O) groups excluding carboxylic acids is 1. The van der Waals surface area contributed by atoms with Crippen LogP contribution in [0, 0.1) is 12.3 Å². The van der Waals surface area contributed by atoms with Gasteiger partial charge in [0.15, 0.2) is 0 Å². The quantitative estimate of drug-likeness (QED) is 0.805. The number of nitrogens with zero attached hydrogens (tertiary/aromatic N) is 2. The number of halogens is 1. The van der Waals surface area contributed by atoms with Gasteiger partial charge in [0.1, 0.15) is 5.69 Å². The molecule has 19 heavy (non-hydrogen) atoms. The summed E-state index contributed by atoms with van der Waals surface area (Å²) in [7, 11) is 0. The smallest absolute Gasteiger partial charge is 0.273 e. The Hall–Kier alpha value is -2.05. The van der Waals surface area contributed by atoms with Crippen molar-refractivity contribution in [3.8, 4) is 12.3 Å². The number of rotatable bonds is 3. The number of terminal acetylenes is 1. The third-order valence-electron chi connectivity index (χ3n) is 2.84. The van der Waals surface area contributed by atoms with Crippen LogP contribution >= 0.6 is 11.6 Å². The molecule has 0 fully saturated rings. The number of hydrogen-bond acceptors (Lipinski definition) is 2. The number of amides is 1. The molecule has 0 saturated heterocycles. The zero-order valence-electron chi connectivity index (χ0n) is 10.6. The summed E-state index contributed by atoms with van der Waals surface area (Å²) in [4.78, 5) is 18.2. The molecule has 0 bridgehead atoms. The highest BCUT2D eigenvalue weighted by atomic mass is 35.5. The van der Waals surface area contributed by atoms with Crippen LogP contribution in [0.5, 0.6) is 0 Å². The van der Waals surface area contributed by atoms with Gasteiger partial charge in [-0.2, -0.15) is 0 Å². The molecule has 0 aliphatic rings. The zero-order chi connectivity index (χ0) is 13.8. The molecule has 0 atom stereocenters. The molecule has 0 aliphatic heterocycles. The third-order valence-corrected chi connectivity index (χ3v) is 3.15. The van der Waals surface area contributed by atoms with Crippen LogP contribution in [0.15, 0.2) is 30.3 Å². The molecule has 0 spiro atoms. The molecule has 0 aliphatic carbocycles. The molecule has 96 valence electrons. The van der Waals surface area contributed by atoms with Crippen molar-refractivity contribution in [1.82, 2.24) is 9.88 Å². The van der Waals surface area contributed by atoms with E-state index >= 15 is 0 Å². The van der Waals surface area contributed by atoms with E-state index in [-0.39, 0.29) is 12.5 Å². The van der Waals surface area contributed by atoms with Gasteiger partial charge in [0.2, 0.25) is 0 Å². The molecular formula is C15H13ClN2O. The Morgan fingerprint density at radius 1 is 1.47 bits per heavy atom. The highest BCUT2D eigenvalue weighted by Crippen LogP contribution is 2.23. The molecule has 4 heteroatoms. The summed E-state index contributed by atoms with van der Waals surface area (Å²) in [6.45, 7) is 2.68. The van der Waals surface area contributed by atoms with Crippen LogP contribution in [0.4, 0.5) is 0 Å². The molecule has 2 rings (SSSR count). The first-order valence-electron chi connectivity index (χ1n) is 5.95. The van der Waals surface area contributed by atoms with E-state index in [0.29, 0.717) is 22.8 Å². The van der Waals surface area contributed by atoms with Gasteiger partial charge in [-0.05, 0) is 19.1 Å². The van der Waals surface area contributed by atoms with Crippen molar-refractivity contribution in [3.63, 3.8) is 0 Å². The molecule has 0 radical (unpaired) electrons. The number of para-hydroxylation sites is 1. The molecule has 0 saturated carbocycles. The lowest BCUT2D eigenvalue weighted by atomic mass is 10.2. The van der Waals surface area contributed by atoms with Crippen molar-refractivity contribution in [2.45, 2.75) is 6.92 Å². The van der Waals surface area contributed by atoms with Gasteiger partial charge >= 0.3 is 0 Å². The Bertz CT molecular complexity index is 661. The summed E-state index contributed by atoms with van der Waals surface area (Å²) in [5, 5.41) is 1.35. The second kappa shape index (κ2) is 5.73. The first kappa shape index (κ1) is 13.4. The van der Waals surface area contributed by atoms with Gasteiger partial charge in [-0.25, -0.2) is 4.98 Å². The van der Waals surface area contributed by atoms with E-state index in [9.17, 15) is 4.79 Å². The van der Waals surface area contributed by atoms with Crippen molar-refractivity contribution in [1.29, 1.82) is 0 Å². The largest absolute Gasteiger partial charge is 0.326 e. The van der Waals surface area contributed by atoms with Crippen LogP contribution in [0.2, 0.25) is 5.02 Å². The van der Waals surface area contributed by atoms with Gasteiger partial charge < -0.3 is 4.90 Å². The van der Waals surface area contributed by atoms with Crippen LogP contribution in [0.1, 0.15) is 17.4 Å². The molecule has 1 aromatic carbocycles. The molecule has 1 aromatic heterocycles. The first-order valence-corrected chi connectivity index (χ1v) is 6.33. The van der Waals surface area contributed by atoms with E-state index < -0.39 is 0 Å². The highest BCUT2D eigenvalue weighted by Gasteiger charge is 2.16. The molecule has 2 aromatic rings. The average molecular weight is 273 g/mol. The fraction of sp³-hybridized carbons (Fsp3) is 0.200. The topological polar surface area (TPSA) is 33.2 Å². The standard InChI is InChI=1S/C15H13ClN2O/c1-3-9-18(4-2)15(19)14-10-12(16)11-7-5-6-8-13(11)17-14/h1,5-8,10H,4,9H2,2H3. The highest BCUT2D eigenvalue weighted by molar-refractivity contribution is 6.35. The van der Waals surface area contributed by atoms with E-state index in [1.807, 2.05) is 31.2 Å². The van der Waals surface area contributed by atoms with Crippen LogP contribution in [-0.4, -0.2) is 28.9 Å². The summed E-state index contributed by atoms with van der Waals surface area (Å²) < 4.78 is 0. The van der Waals surface area contributed by atoms with Gasteiger partial charge in [0.25, 0.3) is 5.91 Å². The predicted octanol–water partition coefficient (Wildman–Crippen LogP) is 2.98. The second-order valence-corrected chi connectivity index (χ2v) is 4.44. The Morgan fingerprint density at radius 2 is 2.21 bits per heavy atom. The number of aromatic nitrogens is 1. The maximum absolute atomic E-state index is 12.3. The summed E-state index contributed by atoms with van der Waals surface area (Å²) in [6, 6.07) is 9.03. The fourth-order valence-electron chi connectivity index (χ4n) is 1.84. The van der Waals surface area contributed by atoms with Gasteiger partial charge in [-0.15, -0.1) is 6.42 Å². The number of hydrogen-bond donors (Lipinski definition) is 0. The SMILES string of the molecule is C#CCN(CC)C(=O)c1cc(Cl)c2ccccc2n1. The van der Waals surface area contributed by atoms with Crippen molar-refractivity contribution in [2.24, 2.45) is 0 Å². The Labute approximate surface area is 117 Å². The molecule has 1 heterocycles. The molecule has 0 N–H and O–H groups in total. The second-order valence-electron chi connectivity index (χ2n) is 4.03.